The number of halogens is 1. The summed E-state index contributed by atoms with van der Waals surface area (Å²) in [7, 11) is 0. The van der Waals surface area contributed by atoms with Crippen LogP contribution >= 0.6 is 15.9 Å². The second-order valence-electron chi connectivity index (χ2n) is 4.47. The molecule has 0 unspecified atom stereocenters. The number of carbonyl (C=O) groups is 1. The van der Waals surface area contributed by atoms with E-state index in [1.807, 2.05) is 26.0 Å². The van der Waals surface area contributed by atoms with Gasteiger partial charge in [-0.2, -0.15) is 5.10 Å². The summed E-state index contributed by atoms with van der Waals surface area (Å²) < 4.78 is 2.79. The van der Waals surface area contributed by atoms with Gasteiger partial charge in [0.25, 0.3) is 0 Å². The van der Waals surface area contributed by atoms with Crippen LogP contribution in [0.4, 0.5) is 0 Å². The normalized spacial score (nSPS) is 10.7. The molecule has 0 saturated carbocycles. The van der Waals surface area contributed by atoms with E-state index in [9.17, 15) is 4.79 Å². The van der Waals surface area contributed by atoms with Gasteiger partial charge >= 0.3 is 5.97 Å². The van der Waals surface area contributed by atoms with E-state index in [0.29, 0.717) is 6.54 Å². The monoisotopic (exact) mass is 322 g/mol. The van der Waals surface area contributed by atoms with Crippen molar-refractivity contribution in [1.82, 2.24) is 9.78 Å². The minimum absolute atomic E-state index is 0.0829. The molecule has 0 bridgehead atoms. The summed E-state index contributed by atoms with van der Waals surface area (Å²) >= 11 is 3.52. The highest BCUT2D eigenvalue weighted by Gasteiger charge is 2.10. The Hall–Kier alpha value is -1.62. The molecule has 1 aromatic carbocycles. The number of nitrogens with zero attached hydrogens (tertiary/aromatic N) is 2. The van der Waals surface area contributed by atoms with E-state index >= 15 is 0 Å². The molecule has 1 N–H and O–H groups in total. The van der Waals surface area contributed by atoms with Crippen molar-refractivity contribution in [3.63, 3.8) is 0 Å². The second kappa shape index (κ2) is 5.57. The van der Waals surface area contributed by atoms with Gasteiger partial charge in [0.05, 0.1) is 19.2 Å². The van der Waals surface area contributed by atoms with Crippen LogP contribution in [0.3, 0.4) is 0 Å². The fourth-order valence-corrected chi connectivity index (χ4v) is 2.30. The van der Waals surface area contributed by atoms with Crippen LogP contribution in [-0.4, -0.2) is 20.9 Å². The Kier molecular flexibility index (Phi) is 4.04. The van der Waals surface area contributed by atoms with E-state index in [2.05, 4.69) is 27.1 Å². The van der Waals surface area contributed by atoms with Gasteiger partial charge in [0.15, 0.2) is 0 Å². The van der Waals surface area contributed by atoms with E-state index in [1.54, 1.807) is 10.9 Å². The summed E-state index contributed by atoms with van der Waals surface area (Å²) in [5.74, 6) is -0.811. The molecule has 0 aliphatic rings. The molecule has 0 aliphatic heterocycles. The van der Waals surface area contributed by atoms with Crippen molar-refractivity contribution in [2.24, 2.45) is 0 Å². The van der Waals surface area contributed by atoms with E-state index in [1.165, 1.54) is 5.56 Å². The van der Waals surface area contributed by atoms with Crippen LogP contribution < -0.4 is 0 Å². The molecule has 0 amide bonds. The third-order valence-electron chi connectivity index (χ3n) is 3.12. The van der Waals surface area contributed by atoms with Gasteiger partial charge in [-0.1, -0.05) is 28.1 Å². The molecule has 2 rings (SSSR count). The zero-order valence-corrected chi connectivity index (χ0v) is 12.4. The highest BCUT2D eigenvalue weighted by Crippen LogP contribution is 2.27. The zero-order valence-electron chi connectivity index (χ0n) is 10.9. The third-order valence-corrected chi connectivity index (χ3v) is 3.98. The molecule has 0 atom stereocenters. The van der Waals surface area contributed by atoms with Gasteiger partial charge in [-0.25, -0.2) is 0 Å². The SMILES string of the molecule is Cc1ccc(-c2cnn(CCC(=O)O)c2C)cc1Br. The predicted octanol–water partition coefficient (Wildman–Crippen LogP) is 3.40. The molecule has 19 heavy (non-hydrogen) atoms. The van der Waals surface area contributed by atoms with E-state index in [4.69, 9.17) is 5.11 Å². The van der Waals surface area contributed by atoms with E-state index in [0.717, 1.165) is 21.3 Å². The first-order chi connectivity index (χ1) is 8.99. The fraction of sp³-hybridized carbons (Fsp3) is 0.286. The Morgan fingerprint density at radius 3 is 2.79 bits per heavy atom. The van der Waals surface area contributed by atoms with Gasteiger partial charge in [0.1, 0.15) is 0 Å². The lowest BCUT2D eigenvalue weighted by atomic mass is 10.1. The smallest absolute Gasteiger partial charge is 0.305 e. The molecule has 1 aromatic heterocycles. The minimum Gasteiger partial charge on any atom is -0.481 e. The Bertz CT molecular complexity index is 620. The Morgan fingerprint density at radius 1 is 1.42 bits per heavy atom. The molecule has 0 fully saturated rings. The fourth-order valence-electron chi connectivity index (χ4n) is 1.92. The maximum atomic E-state index is 10.6. The van der Waals surface area contributed by atoms with Crippen molar-refractivity contribution in [1.29, 1.82) is 0 Å². The lowest BCUT2D eigenvalue weighted by molar-refractivity contribution is -0.137. The molecular weight excluding hydrogens is 308 g/mol. The number of aliphatic carboxylic acids is 1. The summed E-state index contributed by atoms with van der Waals surface area (Å²) in [6, 6.07) is 6.15. The van der Waals surface area contributed by atoms with Gasteiger partial charge in [0.2, 0.25) is 0 Å². The summed E-state index contributed by atoms with van der Waals surface area (Å²) in [6.07, 6.45) is 1.87. The number of hydrogen-bond acceptors (Lipinski definition) is 2. The number of hydrogen-bond donors (Lipinski definition) is 1. The number of carboxylic acids is 1. The third kappa shape index (κ3) is 3.04. The van der Waals surface area contributed by atoms with Gasteiger partial charge in [-0.05, 0) is 31.0 Å². The van der Waals surface area contributed by atoms with Crippen LogP contribution in [0, 0.1) is 13.8 Å². The van der Waals surface area contributed by atoms with Crippen LogP contribution in [0.15, 0.2) is 28.9 Å². The van der Waals surface area contributed by atoms with E-state index < -0.39 is 5.97 Å². The largest absolute Gasteiger partial charge is 0.481 e. The van der Waals surface area contributed by atoms with Crippen molar-refractivity contribution < 1.29 is 9.90 Å². The van der Waals surface area contributed by atoms with Crippen molar-refractivity contribution in [2.75, 3.05) is 0 Å². The maximum Gasteiger partial charge on any atom is 0.305 e. The van der Waals surface area contributed by atoms with Gasteiger partial charge < -0.3 is 5.11 Å². The number of aryl methyl sites for hydroxylation is 2. The molecule has 0 spiro atoms. The summed E-state index contributed by atoms with van der Waals surface area (Å²) in [5, 5.41) is 13.0. The van der Waals surface area contributed by atoms with Crippen molar-refractivity contribution >= 4 is 21.9 Å². The first-order valence-electron chi connectivity index (χ1n) is 6.00. The van der Waals surface area contributed by atoms with Crippen LogP contribution in [-0.2, 0) is 11.3 Å². The topological polar surface area (TPSA) is 55.1 Å². The summed E-state index contributed by atoms with van der Waals surface area (Å²) in [4.78, 5) is 10.6. The average Bonchev–Trinajstić information content (AvgIpc) is 2.72. The summed E-state index contributed by atoms with van der Waals surface area (Å²) in [5.41, 5.74) is 4.28. The standard InChI is InChI=1S/C14H15BrN2O2/c1-9-3-4-11(7-13(9)15)12-8-16-17(10(12)2)6-5-14(18)19/h3-4,7-8H,5-6H2,1-2H3,(H,18,19). The van der Waals surface area contributed by atoms with Crippen LogP contribution in [0.5, 0.6) is 0 Å². The predicted molar refractivity (Wildman–Crippen MR) is 77.1 cm³/mol. The highest BCUT2D eigenvalue weighted by atomic mass is 79.9. The molecule has 0 aliphatic carbocycles. The number of aromatic nitrogens is 2. The van der Waals surface area contributed by atoms with E-state index in [-0.39, 0.29) is 6.42 Å². The first kappa shape index (κ1) is 13.8. The summed E-state index contributed by atoms with van der Waals surface area (Å²) in [6.45, 7) is 4.39. The number of benzene rings is 1. The quantitative estimate of drug-likeness (QED) is 0.938. The van der Waals surface area contributed by atoms with Gasteiger partial charge in [-0.3, -0.25) is 9.48 Å². The Balaban J connectivity index is 2.30. The molecule has 4 nitrogen and oxygen atoms in total. The van der Waals surface area contributed by atoms with Gasteiger partial charge in [0, 0.05) is 15.7 Å². The minimum atomic E-state index is -0.811. The lowest BCUT2D eigenvalue weighted by Crippen LogP contribution is -2.07. The van der Waals surface area contributed by atoms with Crippen LogP contribution in [0.25, 0.3) is 11.1 Å². The molecule has 2 aromatic rings. The first-order valence-corrected chi connectivity index (χ1v) is 6.79. The molecule has 100 valence electrons. The molecule has 0 radical (unpaired) electrons. The molecule has 1 heterocycles. The van der Waals surface area contributed by atoms with Crippen molar-refractivity contribution in [3.05, 3.63) is 40.1 Å². The molecule has 0 saturated heterocycles. The van der Waals surface area contributed by atoms with Gasteiger partial charge in [-0.15, -0.1) is 0 Å². The number of rotatable bonds is 4. The van der Waals surface area contributed by atoms with Crippen molar-refractivity contribution in [3.8, 4) is 11.1 Å². The lowest BCUT2D eigenvalue weighted by Gasteiger charge is -2.05. The second-order valence-corrected chi connectivity index (χ2v) is 5.33. The average molecular weight is 323 g/mol. The number of carboxylic acid groups (broad SMARTS) is 1. The van der Waals surface area contributed by atoms with Crippen LogP contribution in [0.1, 0.15) is 17.7 Å². The molecular formula is C14H15BrN2O2. The highest BCUT2D eigenvalue weighted by molar-refractivity contribution is 9.10. The zero-order chi connectivity index (χ0) is 14.0. The van der Waals surface area contributed by atoms with Crippen molar-refractivity contribution in [2.45, 2.75) is 26.8 Å². The Morgan fingerprint density at radius 2 is 2.16 bits per heavy atom. The Labute approximate surface area is 120 Å². The maximum absolute atomic E-state index is 10.6. The van der Waals surface area contributed by atoms with Crippen LogP contribution in [0.2, 0.25) is 0 Å². The molecule has 5 heteroatoms.